The Hall–Kier alpha value is -3.19. The highest BCUT2D eigenvalue weighted by molar-refractivity contribution is 5.86. The van der Waals surface area contributed by atoms with Gasteiger partial charge in [0.05, 0.1) is 6.42 Å². The van der Waals surface area contributed by atoms with Gasteiger partial charge >= 0.3 is 11.9 Å². The van der Waals surface area contributed by atoms with Crippen LogP contribution in [0.3, 0.4) is 0 Å². The molecule has 206 valence electrons. The lowest BCUT2D eigenvalue weighted by atomic mass is 9.74. The van der Waals surface area contributed by atoms with Crippen molar-refractivity contribution < 1.29 is 23.9 Å². The SMILES string of the molecule is CCC1(c2cccc(OC(=O)CCC(=O)NC(C(=O)OCc3ccccc3)C(C)C)c2)CCCCN(C)C1. The van der Waals surface area contributed by atoms with Gasteiger partial charge in [0.2, 0.25) is 5.91 Å². The Morgan fingerprint density at radius 1 is 1.03 bits per heavy atom. The average Bonchev–Trinajstić information content (AvgIpc) is 3.11. The predicted molar refractivity (Wildman–Crippen MR) is 148 cm³/mol. The lowest BCUT2D eigenvalue weighted by Crippen LogP contribution is -2.45. The van der Waals surface area contributed by atoms with E-state index in [1.165, 1.54) is 18.4 Å². The normalized spacial score (nSPS) is 18.9. The number of esters is 2. The molecule has 1 saturated heterocycles. The standard InChI is InChI=1S/C31H42N2O5/c1-5-31(18-9-10-19-33(4)22-31)25-14-11-15-26(20-25)38-28(35)17-16-27(34)32-29(23(2)3)30(36)37-21-24-12-7-6-8-13-24/h6-8,11-15,20,23,29H,5,9-10,16-19,21-22H2,1-4H3,(H,32,34). The molecule has 1 amide bonds. The smallest absolute Gasteiger partial charge is 0.329 e. The van der Waals surface area contributed by atoms with Crippen LogP contribution in [0.1, 0.15) is 70.4 Å². The summed E-state index contributed by atoms with van der Waals surface area (Å²) in [6.45, 7) is 8.11. The molecule has 1 heterocycles. The van der Waals surface area contributed by atoms with Crippen molar-refractivity contribution in [2.75, 3.05) is 20.1 Å². The third kappa shape index (κ3) is 8.42. The topological polar surface area (TPSA) is 84.9 Å². The molecule has 0 spiro atoms. The summed E-state index contributed by atoms with van der Waals surface area (Å²) in [5.74, 6) is -1.03. The second-order valence-electron chi connectivity index (χ2n) is 10.7. The zero-order chi connectivity index (χ0) is 27.5. The first kappa shape index (κ1) is 29.4. The number of hydrogen-bond acceptors (Lipinski definition) is 6. The van der Waals surface area contributed by atoms with Crippen LogP contribution in [0, 0.1) is 5.92 Å². The van der Waals surface area contributed by atoms with E-state index in [1.54, 1.807) is 6.07 Å². The van der Waals surface area contributed by atoms with Gasteiger partial charge in [-0.3, -0.25) is 9.59 Å². The van der Waals surface area contributed by atoms with Crippen LogP contribution >= 0.6 is 0 Å². The van der Waals surface area contributed by atoms with Gasteiger partial charge in [-0.2, -0.15) is 0 Å². The van der Waals surface area contributed by atoms with Gasteiger partial charge in [-0.1, -0.05) is 69.7 Å². The van der Waals surface area contributed by atoms with E-state index >= 15 is 0 Å². The number of carbonyl (C=O) groups is 3. The quantitative estimate of drug-likeness (QED) is 0.330. The molecule has 0 bridgehead atoms. The van der Waals surface area contributed by atoms with Crippen LogP contribution < -0.4 is 10.1 Å². The van der Waals surface area contributed by atoms with Crippen molar-refractivity contribution in [2.45, 2.75) is 77.4 Å². The number of benzene rings is 2. The highest BCUT2D eigenvalue weighted by Gasteiger charge is 2.33. The summed E-state index contributed by atoms with van der Waals surface area (Å²) in [5.41, 5.74) is 2.09. The molecule has 1 aliphatic heterocycles. The summed E-state index contributed by atoms with van der Waals surface area (Å²) < 4.78 is 11.0. The fourth-order valence-electron chi connectivity index (χ4n) is 5.10. The van der Waals surface area contributed by atoms with Gasteiger partial charge in [0, 0.05) is 18.4 Å². The van der Waals surface area contributed by atoms with Gasteiger partial charge < -0.3 is 19.7 Å². The maximum atomic E-state index is 12.6. The number of ether oxygens (including phenoxy) is 2. The number of nitrogens with zero attached hydrogens (tertiary/aromatic N) is 1. The van der Waals surface area contributed by atoms with Gasteiger partial charge in [0.15, 0.2) is 0 Å². The van der Waals surface area contributed by atoms with Crippen LogP contribution in [0.2, 0.25) is 0 Å². The molecular formula is C31H42N2O5. The highest BCUT2D eigenvalue weighted by Crippen LogP contribution is 2.37. The summed E-state index contributed by atoms with van der Waals surface area (Å²) in [5, 5.41) is 2.72. The largest absolute Gasteiger partial charge is 0.459 e. The minimum absolute atomic E-state index is 0.0362. The van der Waals surface area contributed by atoms with Crippen LogP contribution in [0.15, 0.2) is 54.6 Å². The molecule has 1 fully saturated rings. The van der Waals surface area contributed by atoms with Gasteiger partial charge in [0.25, 0.3) is 0 Å². The van der Waals surface area contributed by atoms with Crippen molar-refractivity contribution in [3.8, 4) is 5.75 Å². The number of likely N-dealkylation sites (tertiary alicyclic amines) is 1. The molecule has 7 heteroatoms. The van der Waals surface area contributed by atoms with Crippen molar-refractivity contribution in [3.63, 3.8) is 0 Å². The Kier molecular flexibility index (Phi) is 10.9. The fourth-order valence-corrected chi connectivity index (χ4v) is 5.10. The minimum atomic E-state index is -0.790. The number of nitrogens with one attached hydrogen (secondary N) is 1. The third-order valence-corrected chi connectivity index (χ3v) is 7.39. The molecule has 2 aromatic carbocycles. The van der Waals surface area contributed by atoms with Gasteiger partial charge in [-0.05, 0) is 62.0 Å². The van der Waals surface area contributed by atoms with Crippen molar-refractivity contribution in [3.05, 3.63) is 65.7 Å². The maximum Gasteiger partial charge on any atom is 0.329 e. The van der Waals surface area contributed by atoms with E-state index in [2.05, 4.69) is 30.3 Å². The first-order chi connectivity index (χ1) is 18.2. The molecule has 1 N–H and O–H groups in total. The fraction of sp³-hybridized carbons (Fsp3) is 0.516. The number of hydrogen-bond donors (Lipinski definition) is 1. The van der Waals surface area contributed by atoms with Crippen molar-refractivity contribution in [1.29, 1.82) is 0 Å². The zero-order valence-electron chi connectivity index (χ0n) is 23.2. The van der Waals surface area contributed by atoms with Crippen molar-refractivity contribution in [2.24, 2.45) is 5.92 Å². The lowest BCUT2D eigenvalue weighted by Gasteiger charge is -2.35. The third-order valence-electron chi connectivity index (χ3n) is 7.39. The maximum absolute atomic E-state index is 12.6. The molecular weight excluding hydrogens is 480 g/mol. The lowest BCUT2D eigenvalue weighted by molar-refractivity contribution is -0.150. The average molecular weight is 523 g/mol. The zero-order valence-corrected chi connectivity index (χ0v) is 23.2. The molecule has 1 aliphatic rings. The van der Waals surface area contributed by atoms with Gasteiger partial charge in [-0.15, -0.1) is 0 Å². The Morgan fingerprint density at radius 3 is 2.50 bits per heavy atom. The molecule has 0 aromatic heterocycles. The second-order valence-corrected chi connectivity index (χ2v) is 10.7. The highest BCUT2D eigenvalue weighted by atomic mass is 16.5. The van der Waals surface area contributed by atoms with E-state index in [-0.39, 0.29) is 30.8 Å². The van der Waals surface area contributed by atoms with Gasteiger partial charge in [0.1, 0.15) is 18.4 Å². The van der Waals surface area contributed by atoms with Crippen molar-refractivity contribution >= 4 is 17.8 Å². The summed E-state index contributed by atoms with van der Waals surface area (Å²) in [4.78, 5) is 40.1. The van der Waals surface area contributed by atoms with E-state index < -0.39 is 23.9 Å². The first-order valence-corrected chi connectivity index (χ1v) is 13.7. The second kappa shape index (κ2) is 14.1. The van der Waals surface area contributed by atoms with Crippen LogP contribution in [0.5, 0.6) is 5.75 Å². The Morgan fingerprint density at radius 2 is 1.79 bits per heavy atom. The Balaban J connectivity index is 1.52. The number of likely N-dealkylation sites (N-methyl/N-ethyl adjacent to an activating group) is 1. The number of carbonyl (C=O) groups excluding carboxylic acids is 3. The molecule has 2 aromatic rings. The van der Waals surface area contributed by atoms with E-state index in [4.69, 9.17) is 9.47 Å². The molecule has 0 saturated carbocycles. The molecule has 2 unspecified atom stereocenters. The molecule has 0 aliphatic carbocycles. The van der Waals surface area contributed by atoms with E-state index in [0.717, 1.165) is 31.5 Å². The number of rotatable bonds is 11. The van der Waals surface area contributed by atoms with Crippen LogP contribution in [-0.2, 0) is 31.1 Å². The van der Waals surface area contributed by atoms with Crippen LogP contribution in [-0.4, -0.2) is 48.9 Å². The summed E-state index contributed by atoms with van der Waals surface area (Å²) in [6, 6.07) is 16.4. The molecule has 0 radical (unpaired) electrons. The summed E-state index contributed by atoms with van der Waals surface area (Å²) in [7, 11) is 2.16. The molecule has 38 heavy (non-hydrogen) atoms. The van der Waals surface area contributed by atoms with E-state index in [0.29, 0.717) is 5.75 Å². The minimum Gasteiger partial charge on any atom is -0.459 e. The first-order valence-electron chi connectivity index (χ1n) is 13.7. The molecule has 2 atom stereocenters. The monoisotopic (exact) mass is 522 g/mol. The molecule has 3 rings (SSSR count). The Bertz CT molecular complexity index is 1070. The summed E-state index contributed by atoms with van der Waals surface area (Å²) >= 11 is 0. The van der Waals surface area contributed by atoms with Crippen molar-refractivity contribution in [1.82, 2.24) is 10.2 Å². The molecule has 7 nitrogen and oxygen atoms in total. The summed E-state index contributed by atoms with van der Waals surface area (Å²) in [6.07, 6.45) is 4.33. The van der Waals surface area contributed by atoms with E-state index in [1.807, 2.05) is 56.3 Å². The predicted octanol–water partition coefficient (Wildman–Crippen LogP) is 5.02. The van der Waals surface area contributed by atoms with Gasteiger partial charge in [-0.25, -0.2) is 4.79 Å². The van der Waals surface area contributed by atoms with Crippen LogP contribution in [0.4, 0.5) is 0 Å². The van der Waals surface area contributed by atoms with Crippen LogP contribution in [0.25, 0.3) is 0 Å². The Labute approximate surface area is 226 Å². The van der Waals surface area contributed by atoms with E-state index in [9.17, 15) is 14.4 Å². The number of amides is 1.